The predicted molar refractivity (Wildman–Crippen MR) is 55.3 cm³/mol. The molecule has 1 N–H and O–H groups in total. The minimum atomic E-state index is -0.343. The number of aliphatic hydroxyl groups is 1. The summed E-state index contributed by atoms with van der Waals surface area (Å²) in [5.41, 5.74) is 0.968. The fraction of sp³-hybridized carbons (Fsp3) is 0.500. The second-order valence-electron chi connectivity index (χ2n) is 3.81. The van der Waals surface area contributed by atoms with Crippen LogP contribution in [0.4, 0.5) is 0 Å². The fourth-order valence-corrected chi connectivity index (χ4v) is 1.38. The first-order valence-electron chi connectivity index (χ1n) is 5.24. The maximum Gasteiger partial charge on any atom is 0.119 e. The number of benzene rings is 1. The molecule has 2 nitrogen and oxygen atoms in total. The van der Waals surface area contributed by atoms with Crippen LogP contribution >= 0.6 is 0 Å². The molecular formula is C12H16O2. The van der Waals surface area contributed by atoms with E-state index in [1.54, 1.807) is 0 Å². The third-order valence-electron chi connectivity index (χ3n) is 2.48. The van der Waals surface area contributed by atoms with Crippen LogP contribution in [0.15, 0.2) is 24.3 Å². The van der Waals surface area contributed by atoms with Crippen molar-refractivity contribution in [1.29, 1.82) is 0 Å². The highest BCUT2D eigenvalue weighted by Crippen LogP contribution is 2.27. The second kappa shape index (κ2) is 4.01. The quantitative estimate of drug-likeness (QED) is 0.794. The molecule has 0 aliphatic heterocycles. The molecule has 1 saturated carbocycles. The number of hydrogen-bond acceptors (Lipinski definition) is 2. The number of ether oxygens (including phenoxy) is 1. The summed E-state index contributed by atoms with van der Waals surface area (Å²) in [6.07, 6.45) is 3.21. The lowest BCUT2D eigenvalue weighted by Crippen LogP contribution is -1.97. The highest BCUT2D eigenvalue weighted by atomic mass is 16.5. The summed E-state index contributed by atoms with van der Waals surface area (Å²) < 4.78 is 5.61. The molecule has 1 atom stereocenters. The van der Waals surface area contributed by atoms with E-state index in [0.717, 1.165) is 17.7 Å². The molecule has 0 radical (unpaired) electrons. The smallest absolute Gasteiger partial charge is 0.119 e. The van der Waals surface area contributed by atoms with Crippen molar-refractivity contribution in [3.8, 4) is 5.75 Å². The van der Waals surface area contributed by atoms with Crippen molar-refractivity contribution in [3.05, 3.63) is 29.8 Å². The molecule has 0 amide bonds. The zero-order chi connectivity index (χ0) is 9.97. The van der Waals surface area contributed by atoms with E-state index in [-0.39, 0.29) is 6.10 Å². The van der Waals surface area contributed by atoms with Crippen molar-refractivity contribution in [3.63, 3.8) is 0 Å². The van der Waals surface area contributed by atoms with Gasteiger partial charge in [0.1, 0.15) is 5.75 Å². The minimum absolute atomic E-state index is 0.343. The Balaban J connectivity index is 2.01. The van der Waals surface area contributed by atoms with Crippen molar-refractivity contribution in [1.82, 2.24) is 0 Å². The highest BCUT2D eigenvalue weighted by molar-refractivity contribution is 5.28. The molecule has 2 rings (SSSR count). The molecule has 1 aromatic rings. The molecule has 1 aliphatic rings. The van der Waals surface area contributed by atoms with Crippen molar-refractivity contribution >= 4 is 0 Å². The molecule has 76 valence electrons. The average molecular weight is 192 g/mol. The summed E-state index contributed by atoms with van der Waals surface area (Å²) in [5.74, 6) is 0.916. The van der Waals surface area contributed by atoms with E-state index in [1.807, 2.05) is 31.2 Å². The van der Waals surface area contributed by atoms with Gasteiger partial charge in [-0.3, -0.25) is 0 Å². The lowest BCUT2D eigenvalue weighted by Gasteiger charge is -2.09. The Labute approximate surface area is 84.5 Å². The SMILES string of the molecule is CCC(O)c1ccc(OC2CC2)cc1. The molecular weight excluding hydrogens is 176 g/mol. The van der Waals surface area contributed by atoms with Crippen LogP contribution in [0.5, 0.6) is 5.75 Å². The largest absolute Gasteiger partial charge is 0.490 e. The van der Waals surface area contributed by atoms with E-state index >= 15 is 0 Å². The van der Waals surface area contributed by atoms with Crippen LogP contribution in [0.2, 0.25) is 0 Å². The van der Waals surface area contributed by atoms with Crippen molar-refractivity contribution in [2.45, 2.75) is 38.4 Å². The first kappa shape index (κ1) is 9.53. The maximum atomic E-state index is 9.57. The number of rotatable bonds is 4. The Morgan fingerprint density at radius 1 is 1.36 bits per heavy atom. The summed E-state index contributed by atoms with van der Waals surface area (Å²) >= 11 is 0. The van der Waals surface area contributed by atoms with E-state index < -0.39 is 0 Å². The first-order chi connectivity index (χ1) is 6.79. The summed E-state index contributed by atoms with van der Waals surface area (Å²) in [4.78, 5) is 0. The van der Waals surface area contributed by atoms with Gasteiger partial charge < -0.3 is 9.84 Å². The van der Waals surface area contributed by atoms with Crippen LogP contribution in [0.25, 0.3) is 0 Å². The molecule has 0 heterocycles. The summed E-state index contributed by atoms with van der Waals surface area (Å²) in [5, 5.41) is 9.57. The molecule has 14 heavy (non-hydrogen) atoms. The zero-order valence-corrected chi connectivity index (χ0v) is 8.44. The average Bonchev–Trinajstić information content (AvgIpc) is 3.02. The van der Waals surface area contributed by atoms with E-state index in [2.05, 4.69) is 0 Å². The highest BCUT2D eigenvalue weighted by Gasteiger charge is 2.23. The summed E-state index contributed by atoms with van der Waals surface area (Å²) in [7, 11) is 0. The zero-order valence-electron chi connectivity index (χ0n) is 8.44. The third-order valence-corrected chi connectivity index (χ3v) is 2.48. The van der Waals surface area contributed by atoms with Gasteiger partial charge in [-0.2, -0.15) is 0 Å². The molecule has 0 spiro atoms. The Morgan fingerprint density at radius 2 is 2.00 bits per heavy atom. The first-order valence-corrected chi connectivity index (χ1v) is 5.24. The third kappa shape index (κ3) is 2.26. The topological polar surface area (TPSA) is 29.5 Å². The van der Waals surface area contributed by atoms with Gasteiger partial charge >= 0.3 is 0 Å². The molecule has 2 heteroatoms. The molecule has 1 aliphatic carbocycles. The number of hydrogen-bond donors (Lipinski definition) is 1. The minimum Gasteiger partial charge on any atom is -0.490 e. The van der Waals surface area contributed by atoms with Gasteiger partial charge in [-0.25, -0.2) is 0 Å². The summed E-state index contributed by atoms with van der Waals surface area (Å²) in [6, 6.07) is 7.75. The Kier molecular flexibility index (Phi) is 2.73. The fourth-order valence-electron chi connectivity index (χ4n) is 1.38. The van der Waals surface area contributed by atoms with Crippen LogP contribution < -0.4 is 4.74 Å². The molecule has 0 aromatic heterocycles. The van der Waals surface area contributed by atoms with Crippen LogP contribution in [0, 0.1) is 0 Å². The molecule has 1 fully saturated rings. The van der Waals surface area contributed by atoms with Crippen molar-refractivity contribution in [2.75, 3.05) is 0 Å². The number of aliphatic hydroxyl groups excluding tert-OH is 1. The van der Waals surface area contributed by atoms with E-state index in [1.165, 1.54) is 12.8 Å². The van der Waals surface area contributed by atoms with Gasteiger partial charge in [0.2, 0.25) is 0 Å². The normalized spacial score (nSPS) is 17.9. The summed E-state index contributed by atoms with van der Waals surface area (Å²) in [6.45, 7) is 1.97. The Bertz CT molecular complexity index is 288. The predicted octanol–water partition coefficient (Wildman–Crippen LogP) is 2.67. The van der Waals surface area contributed by atoms with E-state index in [0.29, 0.717) is 6.10 Å². The van der Waals surface area contributed by atoms with Gasteiger partial charge in [0, 0.05) is 0 Å². The Morgan fingerprint density at radius 3 is 2.50 bits per heavy atom. The van der Waals surface area contributed by atoms with Gasteiger partial charge in [-0.15, -0.1) is 0 Å². The van der Waals surface area contributed by atoms with Crippen molar-refractivity contribution in [2.24, 2.45) is 0 Å². The second-order valence-corrected chi connectivity index (χ2v) is 3.81. The van der Waals surface area contributed by atoms with Crippen LogP contribution in [0.3, 0.4) is 0 Å². The van der Waals surface area contributed by atoms with Crippen molar-refractivity contribution < 1.29 is 9.84 Å². The van der Waals surface area contributed by atoms with Gasteiger partial charge in [0.15, 0.2) is 0 Å². The molecule has 1 unspecified atom stereocenters. The van der Waals surface area contributed by atoms with Gasteiger partial charge in [-0.1, -0.05) is 19.1 Å². The van der Waals surface area contributed by atoms with E-state index in [4.69, 9.17) is 4.74 Å². The standard InChI is InChI=1S/C12H16O2/c1-2-12(13)9-3-5-10(6-4-9)14-11-7-8-11/h3-6,11-13H,2,7-8H2,1H3. The molecule has 0 bridgehead atoms. The lowest BCUT2D eigenvalue weighted by atomic mass is 10.1. The molecule has 0 saturated heterocycles. The monoisotopic (exact) mass is 192 g/mol. The van der Waals surface area contributed by atoms with Gasteiger partial charge in [0.25, 0.3) is 0 Å². The van der Waals surface area contributed by atoms with Crippen LogP contribution in [0.1, 0.15) is 37.9 Å². The molecule has 1 aromatic carbocycles. The van der Waals surface area contributed by atoms with Crippen LogP contribution in [-0.2, 0) is 0 Å². The van der Waals surface area contributed by atoms with Crippen LogP contribution in [-0.4, -0.2) is 11.2 Å². The van der Waals surface area contributed by atoms with E-state index in [9.17, 15) is 5.11 Å². The van der Waals surface area contributed by atoms with Gasteiger partial charge in [0.05, 0.1) is 12.2 Å². The maximum absolute atomic E-state index is 9.57. The lowest BCUT2D eigenvalue weighted by molar-refractivity contribution is 0.173. The Hall–Kier alpha value is -1.02. The van der Waals surface area contributed by atoms with Gasteiger partial charge in [-0.05, 0) is 37.0 Å².